The molecule has 5 nitrogen and oxygen atoms in total. The Morgan fingerprint density at radius 3 is 2.23 bits per heavy atom. The van der Waals surface area contributed by atoms with E-state index in [-0.39, 0.29) is 23.3 Å². The van der Waals surface area contributed by atoms with E-state index in [1.807, 2.05) is 32.0 Å². The minimum absolute atomic E-state index is 0.0432. The average Bonchev–Trinajstić information content (AvgIpc) is 2.72. The first-order valence-corrected chi connectivity index (χ1v) is 11.1. The van der Waals surface area contributed by atoms with Crippen LogP contribution in [0.1, 0.15) is 23.1 Å². The Bertz CT molecular complexity index is 1190. The molecule has 31 heavy (non-hydrogen) atoms. The molecule has 1 amide bonds. The molecule has 3 aromatic rings. The van der Waals surface area contributed by atoms with Crippen LogP contribution in [0.25, 0.3) is 0 Å². The molecule has 0 fully saturated rings. The topological polar surface area (TPSA) is 75.3 Å². The molecule has 0 aliphatic heterocycles. The van der Waals surface area contributed by atoms with Crippen LogP contribution in [-0.2, 0) is 21.2 Å². The highest BCUT2D eigenvalue weighted by atomic mass is 32.2. The van der Waals surface area contributed by atoms with Crippen molar-refractivity contribution in [3.05, 3.63) is 89.0 Å². The second-order valence-electron chi connectivity index (χ2n) is 7.18. The summed E-state index contributed by atoms with van der Waals surface area (Å²) in [6.45, 7) is 3.64. The molecule has 3 rings (SSSR count). The molecule has 0 atom stereocenters. The van der Waals surface area contributed by atoms with Crippen molar-refractivity contribution in [2.45, 2.75) is 31.6 Å². The monoisotopic (exact) mass is 444 g/mol. The number of sulfonamides is 1. The van der Waals surface area contributed by atoms with Crippen molar-refractivity contribution in [2.75, 3.05) is 10.0 Å². The van der Waals surface area contributed by atoms with Gasteiger partial charge in [0.2, 0.25) is 5.91 Å². The number of amides is 1. The summed E-state index contributed by atoms with van der Waals surface area (Å²) in [7, 11) is -3.80. The number of anilines is 2. The van der Waals surface area contributed by atoms with Gasteiger partial charge in [-0.25, -0.2) is 17.2 Å². The normalized spacial score (nSPS) is 11.2. The molecule has 162 valence electrons. The van der Waals surface area contributed by atoms with Crippen molar-refractivity contribution in [3.63, 3.8) is 0 Å². The largest absolute Gasteiger partial charge is 0.326 e. The number of hydrogen-bond donors (Lipinski definition) is 2. The van der Waals surface area contributed by atoms with E-state index in [1.54, 1.807) is 0 Å². The SMILES string of the molecule is Cc1cccc(C)c1NS(=O)(=O)c1ccc(NC(=O)CCc2cc(F)ccc2F)cc1. The number of para-hydroxylation sites is 1. The summed E-state index contributed by atoms with van der Waals surface area (Å²) in [5.41, 5.74) is 2.67. The highest BCUT2D eigenvalue weighted by Crippen LogP contribution is 2.24. The first-order valence-electron chi connectivity index (χ1n) is 9.58. The van der Waals surface area contributed by atoms with E-state index in [4.69, 9.17) is 0 Å². The zero-order valence-electron chi connectivity index (χ0n) is 17.1. The van der Waals surface area contributed by atoms with Crippen LogP contribution in [0.5, 0.6) is 0 Å². The van der Waals surface area contributed by atoms with Gasteiger partial charge in [-0.1, -0.05) is 18.2 Å². The average molecular weight is 445 g/mol. The zero-order valence-corrected chi connectivity index (χ0v) is 17.9. The molecular formula is C23H22F2N2O3S. The van der Waals surface area contributed by atoms with Gasteiger partial charge in [-0.15, -0.1) is 0 Å². The molecule has 0 saturated carbocycles. The van der Waals surface area contributed by atoms with Gasteiger partial charge in [0.15, 0.2) is 0 Å². The van der Waals surface area contributed by atoms with Crippen LogP contribution in [0, 0.1) is 25.5 Å². The van der Waals surface area contributed by atoms with E-state index in [0.717, 1.165) is 29.3 Å². The van der Waals surface area contributed by atoms with Crippen LogP contribution < -0.4 is 10.0 Å². The molecule has 2 N–H and O–H groups in total. The fourth-order valence-electron chi connectivity index (χ4n) is 3.09. The van der Waals surface area contributed by atoms with Crippen LogP contribution in [0.3, 0.4) is 0 Å². The third-order valence-electron chi connectivity index (χ3n) is 4.80. The molecule has 0 unspecified atom stereocenters. The summed E-state index contributed by atoms with van der Waals surface area (Å²) in [4.78, 5) is 12.2. The number of carbonyl (C=O) groups excluding carboxylic acids is 1. The summed E-state index contributed by atoms with van der Waals surface area (Å²) >= 11 is 0. The minimum Gasteiger partial charge on any atom is -0.326 e. The van der Waals surface area contributed by atoms with Gasteiger partial charge in [-0.3, -0.25) is 9.52 Å². The van der Waals surface area contributed by atoms with Crippen molar-refractivity contribution in [1.29, 1.82) is 0 Å². The fraction of sp³-hybridized carbons (Fsp3) is 0.174. The maximum absolute atomic E-state index is 13.6. The molecule has 0 radical (unpaired) electrons. The molecule has 0 aliphatic carbocycles. The second-order valence-corrected chi connectivity index (χ2v) is 8.86. The van der Waals surface area contributed by atoms with Crippen LogP contribution in [0.15, 0.2) is 65.6 Å². The van der Waals surface area contributed by atoms with E-state index in [2.05, 4.69) is 10.0 Å². The summed E-state index contributed by atoms with van der Waals surface area (Å²) < 4.78 is 54.8. The summed E-state index contributed by atoms with van der Waals surface area (Å²) in [5, 5.41) is 2.62. The second kappa shape index (κ2) is 9.26. The summed E-state index contributed by atoms with van der Waals surface area (Å²) in [6, 6.07) is 14.3. The van der Waals surface area contributed by atoms with E-state index in [1.165, 1.54) is 24.3 Å². The molecule has 3 aromatic carbocycles. The van der Waals surface area contributed by atoms with Gasteiger partial charge in [-0.05, 0) is 79.4 Å². The van der Waals surface area contributed by atoms with Gasteiger partial charge in [-0.2, -0.15) is 0 Å². The van der Waals surface area contributed by atoms with Gasteiger partial charge in [0, 0.05) is 12.1 Å². The molecule has 0 aliphatic rings. The first-order chi connectivity index (χ1) is 14.7. The fourth-order valence-corrected chi connectivity index (χ4v) is 4.30. The van der Waals surface area contributed by atoms with Crippen LogP contribution in [-0.4, -0.2) is 14.3 Å². The van der Waals surface area contributed by atoms with Gasteiger partial charge < -0.3 is 5.32 Å². The predicted octanol–water partition coefficient (Wildman–Crippen LogP) is 4.95. The minimum atomic E-state index is -3.80. The third kappa shape index (κ3) is 5.67. The third-order valence-corrected chi connectivity index (χ3v) is 6.16. The van der Waals surface area contributed by atoms with E-state index in [9.17, 15) is 22.0 Å². The lowest BCUT2D eigenvalue weighted by Gasteiger charge is -2.13. The quantitative estimate of drug-likeness (QED) is 0.541. The maximum atomic E-state index is 13.6. The van der Waals surface area contributed by atoms with Gasteiger partial charge in [0.05, 0.1) is 10.6 Å². The van der Waals surface area contributed by atoms with Gasteiger partial charge >= 0.3 is 0 Å². The molecule has 0 spiro atoms. The molecule has 0 saturated heterocycles. The highest BCUT2D eigenvalue weighted by Gasteiger charge is 2.17. The van der Waals surface area contributed by atoms with E-state index in [0.29, 0.717) is 11.4 Å². The Labute approximate surface area is 180 Å². The van der Waals surface area contributed by atoms with Crippen molar-refractivity contribution < 1.29 is 22.0 Å². The summed E-state index contributed by atoms with van der Waals surface area (Å²) in [6.07, 6.45) is -0.00384. The number of hydrogen-bond acceptors (Lipinski definition) is 3. The van der Waals surface area contributed by atoms with E-state index >= 15 is 0 Å². The number of aryl methyl sites for hydroxylation is 3. The molecule has 0 bridgehead atoms. The van der Waals surface area contributed by atoms with Gasteiger partial charge in [0.25, 0.3) is 10.0 Å². The van der Waals surface area contributed by atoms with Crippen molar-refractivity contribution >= 4 is 27.3 Å². The lowest BCUT2D eigenvalue weighted by molar-refractivity contribution is -0.116. The maximum Gasteiger partial charge on any atom is 0.261 e. The lowest BCUT2D eigenvalue weighted by Crippen LogP contribution is -2.15. The van der Waals surface area contributed by atoms with Crippen LogP contribution in [0.4, 0.5) is 20.2 Å². The molecule has 0 heterocycles. The predicted molar refractivity (Wildman–Crippen MR) is 116 cm³/mol. The Morgan fingerprint density at radius 1 is 0.935 bits per heavy atom. The number of rotatable bonds is 7. The smallest absolute Gasteiger partial charge is 0.261 e. The number of carbonyl (C=O) groups is 1. The Morgan fingerprint density at radius 2 is 1.58 bits per heavy atom. The Kier molecular flexibility index (Phi) is 6.70. The van der Waals surface area contributed by atoms with Gasteiger partial charge in [0.1, 0.15) is 11.6 Å². The van der Waals surface area contributed by atoms with Crippen molar-refractivity contribution in [3.8, 4) is 0 Å². The summed E-state index contributed by atoms with van der Waals surface area (Å²) in [5.74, 6) is -1.53. The molecular weight excluding hydrogens is 422 g/mol. The van der Waals surface area contributed by atoms with Crippen molar-refractivity contribution in [2.24, 2.45) is 0 Å². The number of benzene rings is 3. The Balaban J connectivity index is 1.64. The van der Waals surface area contributed by atoms with Crippen LogP contribution in [0.2, 0.25) is 0 Å². The molecule has 8 heteroatoms. The lowest BCUT2D eigenvalue weighted by atomic mass is 10.1. The molecule has 0 aromatic heterocycles. The standard InChI is InChI=1S/C23H22F2N2O3S/c1-15-4-3-5-16(2)23(15)27-31(29,30)20-10-8-19(9-11-20)26-22(28)13-6-17-14-18(24)7-12-21(17)25/h3-5,7-12,14,27H,6,13H2,1-2H3,(H,26,28). The first kappa shape index (κ1) is 22.4. The van der Waals surface area contributed by atoms with Crippen molar-refractivity contribution in [1.82, 2.24) is 0 Å². The number of nitrogens with one attached hydrogen (secondary N) is 2. The van der Waals surface area contributed by atoms with Crippen LogP contribution >= 0.6 is 0 Å². The van der Waals surface area contributed by atoms with E-state index < -0.39 is 27.6 Å². The zero-order chi connectivity index (χ0) is 22.6. The number of halogens is 2. The highest BCUT2D eigenvalue weighted by molar-refractivity contribution is 7.92. The Hall–Kier alpha value is -3.26.